The summed E-state index contributed by atoms with van der Waals surface area (Å²) in [5.74, 6) is -0.00511. The molecule has 1 aliphatic rings. The first-order chi connectivity index (χ1) is 17.1. The van der Waals surface area contributed by atoms with Gasteiger partial charge in [-0.2, -0.15) is 0 Å². The molecule has 0 radical (unpaired) electrons. The minimum Gasteiger partial charge on any atom is -0.449 e. The number of aldehydes is 1. The summed E-state index contributed by atoms with van der Waals surface area (Å²) in [7, 11) is 0. The van der Waals surface area contributed by atoms with Crippen molar-refractivity contribution in [1.29, 1.82) is 0 Å². The minimum atomic E-state index is -0.510. The van der Waals surface area contributed by atoms with Gasteiger partial charge in [-0.25, -0.2) is 9.78 Å². The van der Waals surface area contributed by atoms with Crippen LogP contribution >= 0.6 is 23.4 Å². The van der Waals surface area contributed by atoms with E-state index in [4.69, 9.17) is 16.3 Å². The number of alkyl carbamates (subject to hydrolysis) is 1. The van der Waals surface area contributed by atoms with Gasteiger partial charge in [0.25, 0.3) is 0 Å². The second kappa shape index (κ2) is 10.3. The van der Waals surface area contributed by atoms with Crippen molar-refractivity contribution >= 4 is 35.7 Å². The molecular formula is C28H21ClN2O3S. The maximum atomic E-state index is 12.6. The second-order valence-electron chi connectivity index (χ2n) is 8.05. The smallest absolute Gasteiger partial charge is 0.407 e. The highest BCUT2D eigenvalue weighted by atomic mass is 35.5. The Morgan fingerprint density at radius 2 is 1.63 bits per heavy atom. The van der Waals surface area contributed by atoms with Gasteiger partial charge in [0, 0.05) is 34.0 Å². The molecule has 174 valence electrons. The van der Waals surface area contributed by atoms with E-state index in [1.165, 1.54) is 22.9 Å². The molecule has 1 aromatic heterocycles. The number of aromatic nitrogens is 1. The molecule has 3 aromatic carbocycles. The van der Waals surface area contributed by atoms with Gasteiger partial charge < -0.3 is 10.1 Å². The van der Waals surface area contributed by atoms with Gasteiger partial charge in [0.1, 0.15) is 11.8 Å². The molecule has 0 atom stereocenters. The molecule has 0 aliphatic heterocycles. The predicted octanol–water partition coefficient (Wildman–Crippen LogP) is 6.74. The Balaban J connectivity index is 1.26. The van der Waals surface area contributed by atoms with E-state index in [1.54, 1.807) is 18.3 Å². The second-order valence-corrected chi connectivity index (χ2v) is 9.52. The van der Waals surface area contributed by atoms with E-state index in [0.717, 1.165) is 32.8 Å². The Hall–Kier alpha value is -3.61. The number of carbonyl (C=O) groups excluding carboxylic acids is 2. The summed E-state index contributed by atoms with van der Waals surface area (Å²) in [6.45, 7) is 0.454. The third-order valence-corrected chi connectivity index (χ3v) is 7.33. The lowest BCUT2D eigenvalue weighted by molar-refractivity contribution is 0.112. The Labute approximate surface area is 212 Å². The number of pyridine rings is 1. The molecule has 5 nitrogen and oxygen atoms in total. The zero-order chi connectivity index (χ0) is 24.2. The summed E-state index contributed by atoms with van der Waals surface area (Å²) < 4.78 is 5.63. The van der Waals surface area contributed by atoms with Gasteiger partial charge in [0.05, 0.1) is 0 Å². The molecule has 0 spiro atoms. The summed E-state index contributed by atoms with van der Waals surface area (Å²) in [4.78, 5) is 29.8. The summed E-state index contributed by atoms with van der Waals surface area (Å²) in [5, 5.41) is 3.14. The zero-order valence-corrected chi connectivity index (χ0v) is 20.2. The number of amides is 1. The number of nitrogens with zero attached hydrogens (tertiary/aromatic N) is 1. The van der Waals surface area contributed by atoms with Gasteiger partial charge in [0.2, 0.25) is 0 Å². The highest BCUT2D eigenvalue weighted by Crippen LogP contribution is 2.44. The maximum absolute atomic E-state index is 12.6. The fourth-order valence-corrected chi connectivity index (χ4v) is 5.46. The van der Waals surface area contributed by atoms with Crippen molar-refractivity contribution < 1.29 is 14.3 Å². The van der Waals surface area contributed by atoms with Crippen LogP contribution < -0.4 is 5.32 Å². The van der Waals surface area contributed by atoms with Crippen LogP contribution in [0.4, 0.5) is 4.79 Å². The van der Waals surface area contributed by atoms with Crippen molar-refractivity contribution in [3.63, 3.8) is 0 Å². The molecule has 0 bridgehead atoms. The van der Waals surface area contributed by atoms with Crippen LogP contribution in [0.25, 0.3) is 11.1 Å². The van der Waals surface area contributed by atoms with E-state index in [1.807, 2.05) is 42.5 Å². The lowest BCUT2D eigenvalue weighted by Crippen LogP contribution is -2.26. The van der Waals surface area contributed by atoms with Crippen molar-refractivity contribution in [3.05, 3.63) is 112 Å². The number of rotatable bonds is 7. The van der Waals surface area contributed by atoms with E-state index in [2.05, 4.69) is 34.6 Å². The summed E-state index contributed by atoms with van der Waals surface area (Å²) in [6, 6.07) is 25.4. The quantitative estimate of drug-likeness (QED) is 0.225. The summed E-state index contributed by atoms with van der Waals surface area (Å²) >= 11 is 7.52. The molecule has 7 heteroatoms. The average Bonchev–Trinajstić information content (AvgIpc) is 3.21. The van der Waals surface area contributed by atoms with Crippen LogP contribution in [0.1, 0.15) is 33.0 Å². The fourth-order valence-electron chi connectivity index (χ4n) is 4.29. The molecule has 4 aromatic rings. The standard InChI is InChI=1S/C28H21ClN2O3S/c29-27-13-19(26(15-30-27)35-25-12-6-1-7-18(25)16-32)14-31-28(33)34-17-24-22-10-4-2-8-20(22)21-9-3-5-11-23(21)24/h1-13,15-16,24H,14,17H2,(H,31,33). The number of benzene rings is 3. The third kappa shape index (κ3) is 4.94. The number of fused-ring (bicyclic) bond motifs is 3. The van der Waals surface area contributed by atoms with Crippen LogP contribution in [0.5, 0.6) is 0 Å². The first-order valence-electron chi connectivity index (χ1n) is 11.1. The van der Waals surface area contributed by atoms with E-state index >= 15 is 0 Å². The van der Waals surface area contributed by atoms with Crippen molar-refractivity contribution in [2.45, 2.75) is 22.3 Å². The van der Waals surface area contributed by atoms with Gasteiger partial charge >= 0.3 is 6.09 Å². The predicted molar refractivity (Wildman–Crippen MR) is 137 cm³/mol. The Morgan fingerprint density at radius 3 is 2.34 bits per heavy atom. The van der Waals surface area contributed by atoms with E-state index < -0.39 is 6.09 Å². The molecule has 35 heavy (non-hydrogen) atoms. The van der Waals surface area contributed by atoms with Gasteiger partial charge in [-0.3, -0.25) is 4.79 Å². The normalized spacial score (nSPS) is 12.0. The SMILES string of the molecule is O=Cc1ccccc1Sc1cnc(Cl)cc1CNC(=O)OCC1c2ccccc2-c2ccccc21. The molecule has 1 N–H and O–H groups in total. The van der Waals surface area contributed by atoms with Crippen LogP contribution in [0.2, 0.25) is 5.15 Å². The molecule has 1 amide bonds. The van der Waals surface area contributed by atoms with Crippen LogP contribution in [-0.2, 0) is 11.3 Å². The largest absolute Gasteiger partial charge is 0.449 e. The number of ether oxygens (including phenoxy) is 1. The van der Waals surface area contributed by atoms with Crippen LogP contribution in [-0.4, -0.2) is 24.0 Å². The highest BCUT2D eigenvalue weighted by Gasteiger charge is 2.29. The first-order valence-corrected chi connectivity index (χ1v) is 12.3. The molecule has 1 aliphatic carbocycles. The highest BCUT2D eigenvalue weighted by molar-refractivity contribution is 7.99. The van der Waals surface area contributed by atoms with Crippen LogP contribution in [0.15, 0.2) is 94.9 Å². The van der Waals surface area contributed by atoms with Crippen molar-refractivity contribution in [2.24, 2.45) is 0 Å². The minimum absolute atomic E-state index is 0.00511. The van der Waals surface area contributed by atoms with Crippen LogP contribution in [0.3, 0.4) is 0 Å². The number of carbonyl (C=O) groups is 2. The zero-order valence-electron chi connectivity index (χ0n) is 18.6. The Bertz CT molecular complexity index is 1360. The Kier molecular flexibility index (Phi) is 6.84. The maximum Gasteiger partial charge on any atom is 0.407 e. The third-order valence-electron chi connectivity index (χ3n) is 5.95. The molecule has 0 unspecified atom stereocenters. The van der Waals surface area contributed by atoms with E-state index in [0.29, 0.717) is 10.7 Å². The van der Waals surface area contributed by atoms with Crippen molar-refractivity contribution in [3.8, 4) is 11.1 Å². The average molecular weight is 501 g/mol. The van der Waals surface area contributed by atoms with Gasteiger partial charge in [-0.1, -0.05) is 90.1 Å². The number of hydrogen-bond donors (Lipinski definition) is 1. The summed E-state index contributed by atoms with van der Waals surface area (Å²) in [6.07, 6.45) is 1.95. The van der Waals surface area contributed by atoms with Gasteiger partial charge in [-0.15, -0.1) is 0 Å². The fraction of sp³-hybridized carbons (Fsp3) is 0.107. The molecule has 0 saturated carbocycles. The van der Waals surface area contributed by atoms with Crippen LogP contribution in [0, 0.1) is 0 Å². The van der Waals surface area contributed by atoms with Crippen molar-refractivity contribution in [1.82, 2.24) is 10.3 Å². The first kappa shape index (κ1) is 23.1. The monoisotopic (exact) mass is 500 g/mol. The molecule has 1 heterocycles. The van der Waals surface area contributed by atoms with E-state index in [9.17, 15) is 9.59 Å². The van der Waals surface area contributed by atoms with Gasteiger partial charge in [0.15, 0.2) is 6.29 Å². The lowest BCUT2D eigenvalue weighted by Gasteiger charge is -2.15. The molecule has 5 rings (SSSR count). The molecule has 0 saturated heterocycles. The summed E-state index contributed by atoms with van der Waals surface area (Å²) in [5.41, 5.74) is 6.05. The van der Waals surface area contributed by atoms with E-state index in [-0.39, 0.29) is 19.1 Å². The number of halogens is 1. The molecular weight excluding hydrogens is 480 g/mol. The van der Waals surface area contributed by atoms with Gasteiger partial charge in [-0.05, 0) is 39.9 Å². The lowest BCUT2D eigenvalue weighted by atomic mass is 9.98. The number of hydrogen-bond acceptors (Lipinski definition) is 5. The topological polar surface area (TPSA) is 68.3 Å². The number of nitrogens with one attached hydrogen (secondary N) is 1. The van der Waals surface area contributed by atoms with Crippen molar-refractivity contribution in [2.75, 3.05) is 6.61 Å². The Morgan fingerprint density at radius 1 is 0.971 bits per heavy atom. The molecule has 0 fully saturated rings.